The number of anilines is 1. The standard InChI is InChI=1S/C16H19NO3/c1-12-15(17)4-3-5-16(12)20-11-10-19-14-8-6-13(18-2)7-9-14/h3-9H,10-11,17H2,1-2H3. The van der Waals surface area contributed by atoms with Crippen LogP contribution < -0.4 is 19.9 Å². The van der Waals surface area contributed by atoms with Crippen molar-refractivity contribution in [1.82, 2.24) is 0 Å². The van der Waals surface area contributed by atoms with Crippen molar-refractivity contribution in [2.75, 3.05) is 26.1 Å². The average molecular weight is 273 g/mol. The Balaban J connectivity index is 1.80. The molecule has 0 amide bonds. The molecular weight excluding hydrogens is 254 g/mol. The summed E-state index contributed by atoms with van der Waals surface area (Å²) in [4.78, 5) is 0. The molecule has 2 rings (SSSR count). The number of nitrogen functional groups attached to an aromatic ring is 1. The molecule has 2 aromatic rings. The van der Waals surface area contributed by atoms with E-state index >= 15 is 0 Å². The molecule has 0 unspecified atom stereocenters. The summed E-state index contributed by atoms with van der Waals surface area (Å²) >= 11 is 0. The smallest absolute Gasteiger partial charge is 0.124 e. The summed E-state index contributed by atoms with van der Waals surface area (Å²) in [6, 6.07) is 13.1. The highest BCUT2D eigenvalue weighted by atomic mass is 16.5. The van der Waals surface area contributed by atoms with Crippen molar-refractivity contribution in [2.24, 2.45) is 0 Å². The topological polar surface area (TPSA) is 53.7 Å². The number of hydrogen-bond acceptors (Lipinski definition) is 4. The molecule has 0 heterocycles. The van der Waals surface area contributed by atoms with E-state index in [4.69, 9.17) is 19.9 Å². The Kier molecular flexibility index (Phi) is 4.71. The van der Waals surface area contributed by atoms with Gasteiger partial charge in [0.2, 0.25) is 0 Å². The summed E-state index contributed by atoms with van der Waals surface area (Å²) in [5.41, 5.74) is 7.51. The second kappa shape index (κ2) is 6.70. The molecule has 20 heavy (non-hydrogen) atoms. The number of hydrogen-bond donors (Lipinski definition) is 1. The number of benzene rings is 2. The third-order valence-electron chi connectivity index (χ3n) is 3.00. The van der Waals surface area contributed by atoms with Crippen LogP contribution in [0.25, 0.3) is 0 Å². The van der Waals surface area contributed by atoms with E-state index < -0.39 is 0 Å². The van der Waals surface area contributed by atoms with Crippen molar-refractivity contribution in [3.63, 3.8) is 0 Å². The largest absolute Gasteiger partial charge is 0.497 e. The Labute approximate surface area is 119 Å². The lowest BCUT2D eigenvalue weighted by molar-refractivity contribution is 0.216. The molecular formula is C16H19NO3. The van der Waals surface area contributed by atoms with Gasteiger partial charge >= 0.3 is 0 Å². The molecule has 2 N–H and O–H groups in total. The van der Waals surface area contributed by atoms with Crippen LogP contribution in [0.15, 0.2) is 42.5 Å². The fourth-order valence-electron chi connectivity index (χ4n) is 1.77. The van der Waals surface area contributed by atoms with Gasteiger partial charge in [0.1, 0.15) is 30.5 Å². The summed E-state index contributed by atoms with van der Waals surface area (Å²) in [5.74, 6) is 2.39. The molecule has 0 saturated carbocycles. The lowest BCUT2D eigenvalue weighted by atomic mass is 10.2. The number of rotatable bonds is 6. The molecule has 0 aliphatic carbocycles. The summed E-state index contributed by atoms with van der Waals surface area (Å²) in [5, 5.41) is 0. The van der Waals surface area contributed by atoms with E-state index in [1.807, 2.05) is 49.4 Å². The Bertz CT molecular complexity index is 552. The predicted molar refractivity (Wildman–Crippen MR) is 79.6 cm³/mol. The second-order valence-corrected chi connectivity index (χ2v) is 4.34. The summed E-state index contributed by atoms with van der Waals surface area (Å²) in [6.07, 6.45) is 0. The van der Waals surface area contributed by atoms with E-state index in [1.165, 1.54) is 0 Å². The van der Waals surface area contributed by atoms with Gasteiger partial charge in [-0.25, -0.2) is 0 Å². The number of ether oxygens (including phenoxy) is 3. The Morgan fingerprint density at radius 3 is 2.25 bits per heavy atom. The van der Waals surface area contributed by atoms with Crippen LogP contribution >= 0.6 is 0 Å². The van der Waals surface area contributed by atoms with E-state index in [0.717, 1.165) is 28.5 Å². The maximum absolute atomic E-state index is 5.82. The van der Waals surface area contributed by atoms with Crippen LogP contribution in [-0.4, -0.2) is 20.3 Å². The van der Waals surface area contributed by atoms with Gasteiger partial charge in [-0.05, 0) is 43.3 Å². The normalized spacial score (nSPS) is 10.1. The third kappa shape index (κ3) is 3.57. The minimum absolute atomic E-state index is 0.469. The Morgan fingerprint density at radius 2 is 1.55 bits per heavy atom. The molecule has 0 saturated heterocycles. The van der Waals surface area contributed by atoms with Crippen LogP contribution in [0, 0.1) is 6.92 Å². The maximum atomic E-state index is 5.82. The van der Waals surface area contributed by atoms with Gasteiger partial charge in [-0.2, -0.15) is 0 Å². The monoisotopic (exact) mass is 273 g/mol. The van der Waals surface area contributed by atoms with Gasteiger partial charge in [-0.3, -0.25) is 0 Å². The van der Waals surface area contributed by atoms with Gasteiger partial charge in [0, 0.05) is 11.3 Å². The van der Waals surface area contributed by atoms with Crippen molar-refractivity contribution < 1.29 is 14.2 Å². The molecule has 0 aliphatic heterocycles. The summed E-state index contributed by atoms with van der Waals surface area (Å²) < 4.78 is 16.3. The van der Waals surface area contributed by atoms with Crippen molar-refractivity contribution in [1.29, 1.82) is 0 Å². The minimum Gasteiger partial charge on any atom is -0.497 e. The van der Waals surface area contributed by atoms with E-state index in [2.05, 4.69) is 0 Å². The predicted octanol–water partition coefficient (Wildman–Crippen LogP) is 3.04. The molecule has 106 valence electrons. The highest BCUT2D eigenvalue weighted by molar-refractivity contribution is 5.53. The van der Waals surface area contributed by atoms with Crippen molar-refractivity contribution in [3.8, 4) is 17.2 Å². The molecule has 0 bridgehead atoms. The highest BCUT2D eigenvalue weighted by Crippen LogP contribution is 2.22. The van der Waals surface area contributed by atoms with Gasteiger partial charge < -0.3 is 19.9 Å². The minimum atomic E-state index is 0.469. The SMILES string of the molecule is COc1ccc(OCCOc2cccc(N)c2C)cc1. The summed E-state index contributed by atoms with van der Waals surface area (Å²) in [6.45, 7) is 2.88. The van der Waals surface area contributed by atoms with E-state index in [1.54, 1.807) is 7.11 Å². The Morgan fingerprint density at radius 1 is 0.900 bits per heavy atom. The lowest BCUT2D eigenvalue weighted by Gasteiger charge is -2.11. The first-order valence-electron chi connectivity index (χ1n) is 6.45. The molecule has 0 aromatic heterocycles. The highest BCUT2D eigenvalue weighted by Gasteiger charge is 2.02. The summed E-state index contributed by atoms with van der Waals surface area (Å²) in [7, 11) is 1.64. The number of nitrogens with two attached hydrogens (primary N) is 1. The third-order valence-corrected chi connectivity index (χ3v) is 3.00. The van der Waals surface area contributed by atoms with E-state index in [9.17, 15) is 0 Å². The van der Waals surface area contributed by atoms with Gasteiger partial charge in [-0.15, -0.1) is 0 Å². The molecule has 4 heteroatoms. The van der Waals surface area contributed by atoms with E-state index in [-0.39, 0.29) is 0 Å². The van der Waals surface area contributed by atoms with Crippen molar-refractivity contribution >= 4 is 5.69 Å². The molecule has 0 atom stereocenters. The van der Waals surface area contributed by atoms with Gasteiger partial charge in [0.05, 0.1) is 7.11 Å². The maximum Gasteiger partial charge on any atom is 0.124 e. The van der Waals surface area contributed by atoms with Gasteiger partial charge in [-0.1, -0.05) is 6.07 Å². The van der Waals surface area contributed by atoms with Crippen molar-refractivity contribution in [3.05, 3.63) is 48.0 Å². The fourth-order valence-corrected chi connectivity index (χ4v) is 1.77. The first-order valence-corrected chi connectivity index (χ1v) is 6.45. The molecule has 0 aliphatic rings. The Hall–Kier alpha value is -2.36. The first kappa shape index (κ1) is 14.1. The van der Waals surface area contributed by atoms with Gasteiger partial charge in [0.15, 0.2) is 0 Å². The quantitative estimate of drug-likeness (QED) is 0.649. The molecule has 4 nitrogen and oxygen atoms in total. The second-order valence-electron chi connectivity index (χ2n) is 4.34. The zero-order valence-corrected chi connectivity index (χ0v) is 11.8. The lowest BCUT2D eigenvalue weighted by Crippen LogP contribution is -2.10. The van der Waals surface area contributed by atoms with Crippen LogP contribution in [0.1, 0.15) is 5.56 Å². The van der Waals surface area contributed by atoms with Crippen LogP contribution in [0.3, 0.4) is 0 Å². The van der Waals surface area contributed by atoms with Crippen LogP contribution in [0.5, 0.6) is 17.2 Å². The van der Waals surface area contributed by atoms with Crippen LogP contribution in [-0.2, 0) is 0 Å². The van der Waals surface area contributed by atoms with Gasteiger partial charge in [0.25, 0.3) is 0 Å². The molecule has 0 fully saturated rings. The fraction of sp³-hybridized carbons (Fsp3) is 0.250. The van der Waals surface area contributed by atoms with Crippen LogP contribution in [0.2, 0.25) is 0 Å². The molecule has 0 spiro atoms. The number of methoxy groups -OCH3 is 1. The van der Waals surface area contributed by atoms with Crippen molar-refractivity contribution in [2.45, 2.75) is 6.92 Å². The average Bonchev–Trinajstić information content (AvgIpc) is 2.48. The molecule has 0 radical (unpaired) electrons. The molecule has 2 aromatic carbocycles. The zero-order valence-electron chi connectivity index (χ0n) is 11.8. The zero-order chi connectivity index (χ0) is 14.4. The van der Waals surface area contributed by atoms with Crippen LogP contribution in [0.4, 0.5) is 5.69 Å². The van der Waals surface area contributed by atoms with E-state index in [0.29, 0.717) is 13.2 Å². The first-order chi connectivity index (χ1) is 9.70.